The molecule has 2 aromatic carbocycles. The summed E-state index contributed by atoms with van der Waals surface area (Å²) in [7, 11) is 1.72. The molecule has 2 N–H and O–H groups in total. The van der Waals surface area contributed by atoms with Crippen molar-refractivity contribution in [3.63, 3.8) is 0 Å². The van der Waals surface area contributed by atoms with Crippen molar-refractivity contribution in [3.05, 3.63) is 71.3 Å². The number of rotatable bonds is 7. The maximum Gasteiger partial charge on any atom is 0.0683 e. The van der Waals surface area contributed by atoms with E-state index in [0.717, 1.165) is 12.1 Å². The third-order valence-corrected chi connectivity index (χ3v) is 3.73. The highest BCUT2D eigenvalue weighted by Gasteiger charge is 2.25. The molecule has 0 aliphatic heterocycles. The highest BCUT2D eigenvalue weighted by atomic mass is 16.5. The molecule has 0 heterocycles. The third-order valence-electron chi connectivity index (χ3n) is 3.73. The van der Waals surface area contributed by atoms with Gasteiger partial charge in [0.05, 0.1) is 18.8 Å². The van der Waals surface area contributed by atoms with E-state index >= 15 is 0 Å². The van der Waals surface area contributed by atoms with Crippen LogP contribution in [-0.2, 0) is 23.4 Å². The van der Waals surface area contributed by atoms with E-state index in [-0.39, 0.29) is 12.1 Å². The molecule has 0 saturated heterocycles. The fourth-order valence-corrected chi connectivity index (χ4v) is 2.39. The van der Waals surface area contributed by atoms with Crippen LogP contribution >= 0.6 is 0 Å². The van der Waals surface area contributed by atoms with Gasteiger partial charge in [0.2, 0.25) is 0 Å². The summed E-state index contributed by atoms with van der Waals surface area (Å²) in [6, 6.07) is 18.3. The topological polar surface area (TPSA) is 41.5 Å². The van der Waals surface area contributed by atoms with Gasteiger partial charge in [0.25, 0.3) is 0 Å². The van der Waals surface area contributed by atoms with Crippen LogP contribution in [-0.4, -0.2) is 18.8 Å². The van der Waals surface area contributed by atoms with Crippen LogP contribution in [0.4, 0.5) is 0 Å². The zero-order valence-electron chi connectivity index (χ0n) is 12.7. The Hall–Kier alpha value is -1.68. The van der Waals surface area contributed by atoms with E-state index in [2.05, 4.69) is 24.4 Å². The van der Waals surface area contributed by atoms with Crippen molar-refractivity contribution in [2.75, 3.05) is 13.7 Å². The number of aliphatic hydroxyl groups excluding tert-OH is 1. The molecule has 1 atom stereocenters. The summed E-state index contributed by atoms with van der Waals surface area (Å²) >= 11 is 0. The molecular weight excluding hydrogens is 262 g/mol. The molecule has 2 aromatic rings. The van der Waals surface area contributed by atoms with Gasteiger partial charge in [-0.25, -0.2) is 0 Å². The molecular formula is C18H23NO2. The highest BCUT2D eigenvalue weighted by Crippen LogP contribution is 2.21. The lowest BCUT2D eigenvalue weighted by atomic mass is 9.92. The van der Waals surface area contributed by atoms with Crippen LogP contribution in [0.3, 0.4) is 0 Å². The summed E-state index contributed by atoms with van der Waals surface area (Å²) in [6.45, 7) is 3.58. The third kappa shape index (κ3) is 4.14. The molecule has 2 rings (SSSR count). The monoisotopic (exact) mass is 285 g/mol. The summed E-state index contributed by atoms with van der Waals surface area (Å²) in [4.78, 5) is 0. The second-order valence-electron chi connectivity index (χ2n) is 5.46. The Balaban J connectivity index is 2.09. The summed E-state index contributed by atoms with van der Waals surface area (Å²) in [5.74, 6) is 0. The molecule has 0 radical (unpaired) electrons. The second-order valence-corrected chi connectivity index (χ2v) is 5.46. The molecule has 3 heteroatoms. The van der Waals surface area contributed by atoms with Crippen molar-refractivity contribution in [2.24, 2.45) is 0 Å². The van der Waals surface area contributed by atoms with Gasteiger partial charge in [-0.3, -0.25) is 0 Å². The van der Waals surface area contributed by atoms with Gasteiger partial charge >= 0.3 is 0 Å². The molecule has 0 spiro atoms. The van der Waals surface area contributed by atoms with E-state index < -0.39 is 0 Å². The molecule has 1 unspecified atom stereocenters. The lowest BCUT2D eigenvalue weighted by Crippen LogP contribution is -2.43. The van der Waals surface area contributed by atoms with Crippen molar-refractivity contribution >= 4 is 0 Å². The number of aliphatic hydroxyl groups is 1. The minimum Gasteiger partial charge on any atom is -0.392 e. The van der Waals surface area contributed by atoms with E-state index in [4.69, 9.17) is 9.84 Å². The first-order valence-corrected chi connectivity index (χ1v) is 7.16. The predicted molar refractivity (Wildman–Crippen MR) is 84.9 cm³/mol. The van der Waals surface area contributed by atoms with Crippen molar-refractivity contribution < 1.29 is 9.84 Å². The Morgan fingerprint density at radius 1 is 1.00 bits per heavy atom. The number of nitrogens with one attached hydrogen (secondary N) is 1. The lowest BCUT2D eigenvalue weighted by Gasteiger charge is -2.31. The van der Waals surface area contributed by atoms with Gasteiger partial charge < -0.3 is 15.2 Å². The molecule has 0 bridgehead atoms. The number of methoxy groups -OCH3 is 1. The first-order chi connectivity index (χ1) is 10.2. The largest absolute Gasteiger partial charge is 0.392 e. The highest BCUT2D eigenvalue weighted by molar-refractivity contribution is 5.26. The molecule has 0 aromatic heterocycles. The van der Waals surface area contributed by atoms with Crippen LogP contribution in [0.2, 0.25) is 0 Å². The maximum absolute atomic E-state index is 9.07. The van der Waals surface area contributed by atoms with Crippen molar-refractivity contribution in [1.82, 2.24) is 5.32 Å². The number of hydrogen-bond donors (Lipinski definition) is 2. The minimum atomic E-state index is -0.230. The minimum absolute atomic E-state index is 0.0825. The van der Waals surface area contributed by atoms with E-state index in [0.29, 0.717) is 6.61 Å². The Kier molecular flexibility index (Phi) is 5.51. The predicted octanol–water partition coefficient (Wildman–Crippen LogP) is 2.83. The Morgan fingerprint density at radius 2 is 1.62 bits per heavy atom. The van der Waals surface area contributed by atoms with Crippen LogP contribution in [0.15, 0.2) is 54.6 Å². The lowest BCUT2D eigenvalue weighted by molar-refractivity contribution is 0.117. The molecule has 112 valence electrons. The molecule has 0 aliphatic rings. The summed E-state index contributed by atoms with van der Waals surface area (Å²) in [6.07, 6.45) is 0. The van der Waals surface area contributed by atoms with Crippen LogP contribution < -0.4 is 5.32 Å². The molecule has 21 heavy (non-hydrogen) atoms. The maximum atomic E-state index is 9.07. The van der Waals surface area contributed by atoms with E-state index in [1.54, 1.807) is 7.11 Å². The number of ether oxygens (including phenoxy) is 1. The molecule has 0 amide bonds. The Bertz CT molecular complexity index is 539. The van der Waals surface area contributed by atoms with E-state index in [9.17, 15) is 0 Å². The van der Waals surface area contributed by atoms with Gasteiger partial charge in [0, 0.05) is 13.7 Å². The summed E-state index contributed by atoms with van der Waals surface area (Å²) in [5, 5.41) is 12.7. The average Bonchev–Trinajstić information content (AvgIpc) is 2.54. The fourth-order valence-electron chi connectivity index (χ4n) is 2.39. The fraction of sp³-hybridized carbons (Fsp3) is 0.333. The van der Waals surface area contributed by atoms with Crippen LogP contribution in [0, 0.1) is 0 Å². The van der Waals surface area contributed by atoms with Gasteiger partial charge in [-0.2, -0.15) is 0 Å². The zero-order chi connectivity index (χ0) is 15.1. The van der Waals surface area contributed by atoms with Crippen molar-refractivity contribution in [3.8, 4) is 0 Å². The molecule has 0 aliphatic carbocycles. The quantitative estimate of drug-likeness (QED) is 0.822. The van der Waals surface area contributed by atoms with Gasteiger partial charge in [-0.05, 0) is 23.6 Å². The number of benzene rings is 2. The van der Waals surface area contributed by atoms with E-state index in [1.807, 2.05) is 42.5 Å². The first kappa shape index (κ1) is 15.7. The van der Waals surface area contributed by atoms with E-state index in [1.165, 1.54) is 11.1 Å². The Morgan fingerprint density at radius 3 is 2.19 bits per heavy atom. The second kappa shape index (κ2) is 7.36. The van der Waals surface area contributed by atoms with Gasteiger partial charge in [0.1, 0.15) is 0 Å². The van der Waals surface area contributed by atoms with Crippen LogP contribution in [0.25, 0.3) is 0 Å². The Labute approximate surface area is 126 Å². The van der Waals surface area contributed by atoms with Gasteiger partial charge in [-0.1, -0.05) is 54.6 Å². The molecule has 3 nitrogen and oxygen atoms in total. The van der Waals surface area contributed by atoms with Crippen LogP contribution in [0.5, 0.6) is 0 Å². The smallest absolute Gasteiger partial charge is 0.0683 e. The summed E-state index contributed by atoms with van der Waals surface area (Å²) in [5.41, 5.74) is 3.09. The standard InChI is InChI=1S/C18H23NO2/c1-18(14-21-2,17-6-4-3-5-7-17)19-12-15-8-10-16(13-20)11-9-15/h3-11,19-20H,12-14H2,1-2H3. The first-order valence-electron chi connectivity index (χ1n) is 7.16. The SMILES string of the molecule is COCC(C)(NCc1ccc(CO)cc1)c1ccccc1. The average molecular weight is 285 g/mol. The van der Waals surface area contributed by atoms with Crippen LogP contribution in [0.1, 0.15) is 23.6 Å². The normalized spacial score (nSPS) is 13.9. The van der Waals surface area contributed by atoms with Crippen molar-refractivity contribution in [1.29, 1.82) is 0 Å². The van der Waals surface area contributed by atoms with Crippen molar-refractivity contribution in [2.45, 2.75) is 25.6 Å². The molecule has 0 fully saturated rings. The van der Waals surface area contributed by atoms with Gasteiger partial charge in [-0.15, -0.1) is 0 Å². The molecule has 0 saturated carbocycles. The van der Waals surface area contributed by atoms with Gasteiger partial charge in [0.15, 0.2) is 0 Å². The summed E-state index contributed by atoms with van der Waals surface area (Å²) < 4.78 is 5.39. The number of hydrogen-bond acceptors (Lipinski definition) is 3. The zero-order valence-corrected chi connectivity index (χ0v) is 12.7.